The number of ether oxygens (including phenoxy) is 1. The van der Waals surface area contributed by atoms with Gasteiger partial charge in [0.1, 0.15) is 28.1 Å². The zero-order valence-corrected chi connectivity index (χ0v) is 24.1. The second kappa shape index (κ2) is 11.2. The molecule has 1 aromatic carbocycles. The number of halogens is 2. The monoisotopic (exact) mass is 583 g/mol. The number of aliphatic hydroxyl groups is 1. The Kier molecular flexibility index (Phi) is 8.25. The molecule has 4 rings (SSSR count). The molecule has 216 valence electrons. The van der Waals surface area contributed by atoms with Crippen LogP contribution in [0.3, 0.4) is 0 Å². The van der Waals surface area contributed by atoms with Crippen molar-refractivity contribution in [1.82, 2.24) is 15.6 Å². The molecule has 2 amide bonds. The standard InChI is InChI=1S/C29H31F2N5O4S/c1-16(15-37)34-24(38)29-12-23(29)28(5,36-25(41-29)35-26(39)40-27(2,3)4)19-10-17(6-8-20(19)30)11-21(31)22-9-7-18(13-32)14-33-22/h6-11,14,16,23,37H,12,15H2,1-5H3,(H,34,38)(H,35,36,39)/b21-11-/t16?,23-,28+,29-/m0/s1. The molecular formula is C29H31F2N5O4S. The lowest BCUT2D eigenvalue weighted by Crippen LogP contribution is -2.49. The van der Waals surface area contributed by atoms with Crippen LogP contribution in [0.4, 0.5) is 13.6 Å². The zero-order valence-electron chi connectivity index (χ0n) is 23.3. The number of aliphatic hydroxyl groups excluding tert-OH is 1. The van der Waals surface area contributed by atoms with Gasteiger partial charge in [0.25, 0.3) is 0 Å². The normalized spacial score (nSPS) is 24.3. The number of hydrogen-bond acceptors (Lipinski definition) is 8. The van der Waals surface area contributed by atoms with E-state index in [2.05, 4.69) is 15.6 Å². The quantitative estimate of drug-likeness (QED) is 0.450. The average Bonchev–Trinajstić information content (AvgIpc) is 3.65. The first-order valence-corrected chi connectivity index (χ1v) is 13.8. The number of aromatic nitrogens is 1. The van der Waals surface area contributed by atoms with Gasteiger partial charge >= 0.3 is 6.09 Å². The van der Waals surface area contributed by atoms with Gasteiger partial charge in [-0.25, -0.2) is 13.6 Å². The molecule has 0 bridgehead atoms. The second-order valence-corrected chi connectivity index (χ2v) is 12.6. The van der Waals surface area contributed by atoms with Gasteiger partial charge in [0, 0.05) is 23.7 Å². The lowest BCUT2D eigenvalue weighted by Gasteiger charge is -2.35. The third-order valence-corrected chi connectivity index (χ3v) is 8.20. The number of pyridine rings is 1. The largest absolute Gasteiger partial charge is 0.444 e. The molecule has 4 atom stereocenters. The van der Waals surface area contributed by atoms with E-state index < -0.39 is 45.6 Å². The molecule has 1 aliphatic carbocycles. The highest BCUT2D eigenvalue weighted by Gasteiger charge is 2.71. The Morgan fingerprint density at radius 1 is 1.34 bits per heavy atom. The minimum Gasteiger partial charge on any atom is -0.444 e. The van der Waals surface area contributed by atoms with Crippen LogP contribution >= 0.6 is 11.8 Å². The summed E-state index contributed by atoms with van der Waals surface area (Å²) in [6, 6.07) is 8.28. The van der Waals surface area contributed by atoms with Gasteiger partial charge in [-0.15, -0.1) is 0 Å². The molecule has 0 spiro atoms. The summed E-state index contributed by atoms with van der Waals surface area (Å²) >= 11 is 1.06. The molecule has 1 saturated carbocycles. The Labute approximate surface area is 241 Å². The van der Waals surface area contributed by atoms with Crippen molar-refractivity contribution in [2.24, 2.45) is 10.9 Å². The van der Waals surface area contributed by atoms with Crippen molar-refractivity contribution in [3.05, 3.63) is 64.7 Å². The van der Waals surface area contributed by atoms with Crippen molar-refractivity contribution in [3.63, 3.8) is 0 Å². The van der Waals surface area contributed by atoms with Gasteiger partial charge in [-0.2, -0.15) is 5.26 Å². The summed E-state index contributed by atoms with van der Waals surface area (Å²) in [6.07, 6.45) is 1.99. The summed E-state index contributed by atoms with van der Waals surface area (Å²) < 4.78 is 34.8. The maximum absolute atomic E-state index is 15.5. The SMILES string of the molecule is CC(CO)NC(=O)[C@]12C[C@H]1[C@@](C)(c1cc(/C=C(\F)c3ccc(C#N)cn3)ccc1F)N=C(NC(=O)OC(C)(C)C)S2. The smallest absolute Gasteiger partial charge is 0.413 e. The van der Waals surface area contributed by atoms with E-state index in [-0.39, 0.29) is 34.5 Å². The molecule has 41 heavy (non-hydrogen) atoms. The summed E-state index contributed by atoms with van der Waals surface area (Å²) in [7, 11) is 0. The Morgan fingerprint density at radius 2 is 2.07 bits per heavy atom. The molecule has 1 fully saturated rings. The van der Waals surface area contributed by atoms with Crippen LogP contribution in [-0.2, 0) is 15.1 Å². The summed E-state index contributed by atoms with van der Waals surface area (Å²) in [5, 5.41) is 23.9. The molecule has 2 heterocycles. The molecule has 1 aromatic heterocycles. The number of amidine groups is 1. The number of nitriles is 1. The number of thioether (sulfide) groups is 1. The molecular weight excluding hydrogens is 552 g/mol. The number of hydrogen-bond donors (Lipinski definition) is 3. The Morgan fingerprint density at radius 3 is 2.68 bits per heavy atom. The van der Waals surface area contributed by atoms with Crippen LogP contribution in [0.1, 0.15) is 63.4 Å². The number of nitrogens with one attached hydrogen (secondary N) is 2. The van der Waals surface area contributed by atoms with Gasteiger partial charge in [-0.1, -0.05) is 17.8 Å². The molecule has 12 heteroatoms. The number of aliphatic imine (C=N–C) groups is 1. The van der Waals surface area contributed by atoms with E-state index in [0.717, 1.165) is 11.8 Å². The second-order valence-electron chi connectivity index (χ2n) is 11.3. The van der Waals surface area contributed by atoms with Crippen LogP contribution in [0, 0.1) is 23.1 Å². The van der Waals surface area contributed by atoms with Crippen LogP contribution in [0.25, 0.3) is 11.9 Å². The van der Waals surface area contributed by atoms with Gasteiger partial charge in [-0.3, -0.25) is 20.1 Å². The van der Waals surface area contributed by atoms with Crippen LogP contribution in [0.15, 0.2) is 41.5 Å². The molecule has 2 aliphatic rings. The highest BCUT2D eigenvalue weighted by atomic mass is 32.2. The van der Waals surface area contributed by atoms with Gasteiger partial charge < -0.3 is 15.2 Å². The van der Waals surface area contributed by atoms with E-state index in [1.54, 1.807) is 34.6 Å². The first-order valence-electron chi connectivity index (χ1n) is 12.9. The fourth-order valence-electron chi connectivity index (χ4n) is 4.72. The average molecular weight is 584 g/mol. The topological polar surface area (TPSA) is 137 Å². The maximum Gasteiger partial charge on any atom is 0.413 e. The lowest BCUT2D eigenvalue weighted by molar-refractivity contribution is -0.122. The molecule has 9 nitrogen and oxygen atoms in total. The summed E-state index contributed by atoms with van der Waals surface area (Å²) in [6.45, 7) is 8.16. The molecule has 3 N–H and O–H groups in total. The summed E-state index contributed by atoms with van der Waals surface area (Å²) in [5.41, 5.74) is -1.37. The molecule has 2 aromatic rings. The van der Waals surface area contributed by atoms with E-state index >= 15 is 8.78 Å². The van der Waals surface area contributed by atoms with Crippen molar-refractivity contribution >= 4 is 40.8 Å². The predicted molar refractivity (Wildman–Crippen MR) is 152 cm³/mol. The number of alkyl carbamates (subject to hydrolysis) is 1. The predicted octanol–water partition coefficient (Wildman–Crippen LogP) is 4.66. The van der Waals surface area contributed by atoms with E-state index in [9.17, 15) is 14.7 Å². The maximum atomic E-state index is 15.5. The van der Waals surface area contributed by atoms with E-state index in [4.69, 9.17) is 15.0 Å². The van der Waals surface area contributed by atoms with Gasteiger partial charge in [0.2, 0.25) is 5.91 Å². The van der Waals surface area contributed by atoms with Crippen LogP contribution in [0.2, 0.25) is 0 Å². The van der Waals surface area contributed by atoms with Crippen molar-refractivity contribution in [2.45, 2.75) is 63.0 Å². The molecule has 0 radical (unpaired) electrons. The van der Waals surface area contributed by atoms with Crippen LogP contribution in [-0.4, -0.2) is 50.3 Å². The van der Waals surface area contributed by atoms with Crippen molar-refractivity contribution in [3.8, 4) is 6.07 Å². The number of nitrogens with zero attached hydrogens (tertiary/aromatic N) is 3. The number of benzene rings is 1. The third-order valence-electron chi connectivity index (χ3n) is 6.81. The van der Waals surface area contributed by atoms with Crippen LogP contribution < -0.4 is 10.6 Å². The fourth-order valence-corrected chi connectivity index (χ4v) is 6.21. The third kappa shape index (κ3) is 6.41. The Hall–Kier alpha value is -3.82. The molecule has 1 unspecified atom stereocenters. The van der Waals surface area contributed by atoms with E-state index in [0.29, 0.717) is 12.0 Å². The number of amides is 2. The summed E-state index contributed by atoms with van der Waals surface area (Å²) in [4.78, 5) is 34.6. The minimum atomic E-state index is -1.31. The summed E-state index contributed by atoms with van der Waals surface area (Å²) in [5.74, 6) is -2.13. The van der Waals surface area contributed by atoms with Crippen molar-refractivity contribution in [1.29, 1.82) is 5.26 Å². The molecule has 0 saturated heterocycles. The number of carbonyl (C=O) groups excluding carboxylic acids is 2. The van der Waals surface area contributed by atoms with Crippen molar-refractivity contribution < 1.29 is 28.2 Å². The van der Waals surface area contributed by atoms with Gasteiger partial charge in [-0.05, 0) is 76.9 Å². The Bertz CT molecular complexity index is 1470. The first-order chi connectivity index (χ1) is 19.2. The highest BCUT2D eigenvalue weighted by molar-refractivity contribution is 8.16. The first kappa shape index (κ1) is 30.1. The molecule has 1 aliphatic heterocycles. The lowest BCUT2D eigenvalue weighted by atomic mass is 9.84. The van der Waals surface area contributed by atoms with Gasteiger partial charge in [0.05, 0.1) is 23.4 Å². The van der Waals surface area contributed by atoms with Crippen molar-refractivity contribution in [2.75, 3.05) is 6.61 Å². The van der Waals surface area contributed by atoms with E-state index in [1.807, 2.05) is 6.07 Å². The van der Waals surface area contributed by atoms with E-state index in [1.165, 1.54) is 42.6 Å². The zero-order chi connectivity index (χ0) is 30.2. The number of carbonyl (C=O) groups is 2. The minimum absolute atomic E-state index is 0.00732. The number of rotatable bonds is 6. The fraction of sp³-hybridized carbons (Fsp3) is 0.414. The van der Waals surface area contributed by atoms with Gasteiger partial charge in [0.15, 0.2) is 5.17 Å². The van der Waals surface area contributed by atoms with Crippen LogP contribution in [0.5, 0.6) is 0 Å². The number of fused-ring (bicyclic) bond motifs is 1. The highest BCUT2D eigenvalue weighted by Crippen LogP contribution is 2.66. The Balaban J connectivity index is 1.73.